The smallest absolute Gasteiger partial charge is 0.244 e. The lowest BCUT2D eigenvalue weighted by Crippen LogP contribution is -2.64. The van der Waals surface area contributed by atoms with E-state index < -0.39 is 42.4 Å². The number of amides is 4. The lowest BCUT2D eigenvalue weighted by molar-refractivity contribution is -0.151. The molecular weight excluding hydrogens is 494 g/mol. The third kappa shape index (κ3) is 4.91. The molecule has 6 rings (SSSR count). The molecule has 4 saturated heterocycles. The fourth-order valence-corrected chi connectivity index (χ4v) is 7.05. The summed E-state index contributed by atoms with van der Waals surface area (Å²) in [6, 6.07) is -1.17. The Labute approximate surface area is 222 Å². The van der Waals surface area contributed by atoms with Crippen molar-refractivity contribution in [3.05, 3.63) is 0 Å². The third-order valence-corrected chi connectivity index (χ3v) is 9.31. The predicted octanol–water partition coefficient (Wildman–Crippen LogP) is -2.05. The fourth-order valence-electron chi connectivity index (χ4n) is 7.05. The molecule has 38 heavy (non-hydrogen) atoms. The van der Waals surface area contributed by atoms with Crippen LogP contribution in [0.2, 0.25) is 0 Å². The molecule has 6 bridgehead atoms. The molecule has 0 unspecified atom stereocenters. The Hall–Kier alpha value is -2.28. The molecule has 0 spiro atoms. The number of carbonyl (C=O) groups is 4. The van der Waals surface area contributed by atoms with E-state index >= 15 is 0 Å². The van der Waals surface area contributed by atoms with E-state index in [0.717, 1.165) is 38.5 Å². The van der Waals surface area contributed by atoms with E-state index in [-0.39, 0.29) is 55.2 Å². The molecule has 2 saturated carbocycles. The van der Waals surface area contributed by atoms with Crippen molar-refractivity contribution in [3.8, 4) is 0 Å². The molecule has 0 aromatic rings. The van der Waals surface area contributed by atoms with Crippen molar-refractivity contribution in [1.82, 2.24) is 25.3 Å². The highest BCUT2D eigenvalue weighted by Crippen LogP contribution is 2.34. The Morgan fingerprint density at radius 2 is 1.66 bits per heavy atom. The van der Waals surface area contributed by atoms with Gasteiger partial charge in [-0.15, -0.1) is 0 Å². The first-order chi connectivity index (χ1) is 18.3. The standard InChI is InChI=1S/C26H39N5O7/c32-21-10-19-22(33)23(34)20(38-19)11-27-24(35)18-13-29(7-8-30(18)25(36)14-5-6-14)26(37)17-9-15(28-21)12-31(17)16-3-1-2-4-16/h14-20,22-23,33-34H,1-13H2,(H,27,35)(H,28,32)/t15-,17-,18-,19-,20+,22-,23+/m0/s1. The summed E-state index contributed by atoms with van der Waals surface area (Å²) >= 11 is 0. The summed E-state index contributed by atoms with van der Waals surface area (Å²) in [6.07, 6.45) is 1.94. The molecule has 2 aliphatic carbocycles. The maximum atomic E-state index is 13.9. The van der Waals surface area contributed by atoms with Crippen LogP contribution in [0.15, 0.2) is 0 Å². The Bertz CT molecular complexity index is 970. The van der Waals surface area contributed by atoms with E-state index in [1.807, 2.05) is 0 Å². The normalized spacial score (nSPS) is 39.4. The van der Waals surface area contributed by atoms with Gasteiger partial charge in [-0.3, -0.25) is 24.1 Å². The number of rotatable bonds is 2. The van der Waals surface area contributed by atoms with Crippen molar-refractivity contribution in [2.75, 3.05) is 32.7 Å². The number of hydrogen-bond donors (Lipinski definition) is 4. The average molecular weight is 534 g/mol. The Balaban J connectivity index is 1.28. The van der Waals surface area contributed by atoms with Crippen molar-refractivity contribution in [1.29, 1.82) is 0 Å². The lowest BCUT2D eigenvalue weighted by atomic mass is 10.0. The molecule has 4 N–H and O–H groups in total. The monoisotopic (exact) mass is 533 g/mol. The van der Waals surface area contributed by atoms with Gasteiger partial charge in [0, 0.05) is 44.2 Å². The van der Waals surface area contributed by atoms with E-state index in [9.17, 15) is 29.4 Å². The van der Waals surface area contributed by atoms with E-state index in [4.69, 9.17) is 4.74 Å². The largest absolute Gasteiger partial charge is 0.388 e. The van der Waals surface area contributed by atoms with E-state index in [1.165, 1.54) is 0 Å². The molecule has 0 radical (unpaired) electrons. The molecule has 4 heterocycles. The second kappa shape index (κ2) is 10.4. The quantitative estimate of drug-likeness (QED) is 0.317. The van der Waals surface area contributed by atoms with Crippen LogP contribution >= 0.6 is 0 Å². The highest BCUT2D eigenvalue weighted by molar-refractivity contribution is 5.91. The Morgan fingerprint density at radius 1 is 0.921 bits per heavy atom. The van der Waals surface area contributed by atoms with E-state index in [2.05, 4.69) is 15.5 Å². The summed E-state index contributed by atoms with van der Waals surface area (Å²) in [6.45, 7) is 1.25. The molecule has 6 fully saturated rings. The van der Waals surface area contributed by atoms with Crippen LogP contribution < -0.4 is 10.6 Å². The van der Waals surface area contributed by atoms with E-state index in [1.54, 1.807) is 9.80 Å². The summed E-state index contributed by atoms with van der Waals surface area (Å²) in [7, 11) is 0. The third-order valence-electron chi connectivity index (χ3n) is 9.31. The predicted molar refractivity (Wildman–Crippen MR) is 132 cm³/mol. The van der Waals surface area contributed by atoms with Crippen molar-refractivity contribution in [3.63, 3.8) is 0 Å². The van der Waals surface area contributed by atoms with Gasteiger partial charge in [-0.25, -0.2) is 0 Å². The number of piperazine rings is 1. The molecule has 12 nitrogen and oxygen atoms in total. The Kier molecular flexibility index (Phi) is 7.08. The number of carbonyl (C=O) groups excluding carboxylic acids is 4. The molecule has 0 aromatic carbocycles. The summed E-state index contributed by atoms with van der Waals surface area (Å²) in [4.78, 5) is 58.8. The first-order valence-electron chi connectivity index (χ1n) is 14.2. The van der Waals surface area contributed by atoms with Gasteiger partial charge in [0.15, 0.2) is 0 Å². The first kappa shape index (κ1) is 26.0. The van der Waals surface area contributed by atoms with Gasteiger partial charge in [0.1, 0.15) is 24.4 Å². The summed E-state index contributed by atoms with van der Waals surface area (Å²) in [5, 5.41) is 26.9. The number of aliphatic hydroxyl groups is 2. The van der Waals surface area contributed by atoms with Gasteiger partial charge < -0.3 is 35.4 Å². The minimum Gasteiger partial charge on any atom is -0.388 e. The summed E-state index contributed by atoms with van der Waals surface area (Å²) in [5.74, 6) is -0.859. The van der Waals surface area contributed by atoms with Crippen LogP contribution in [0.4, 0.5) is 0 Å². The highest BCUT2D eigenvalue weighted by Gasteiger charge is 2.48. The van der Waals surface area contributed by atoms with Crippen LogP contribution in [-0.4, -0.2) is 130 Å². The second-order valence-corrected chi connectivity index (χ2v) is 11.9. The maximum absolute atomic E-state index is 13.9. The topological polar surface area (TPSA) is 152 Å². The van der Waals surface area contributed by atoms with Crippen molar-refractivity contribution >= 4 is 23.6 Å². The van der Waals surface area contributed by atoms with Crippen molar-refractivity contribution < 1.29 is 34.1 Å². The molecule has 6 aliphatic rings. The van der Waals surface area contributed by atoms with Gasteiger partial charge in [-0.2, -0.15) is 0 Å². The molecule has 7 atom stereocenters. The second-order valence-electron chi connectivity index (χ2n) is 11.9. The zero-order valence-electron chi connectivity index (χ0n) is 21.7. The number of likely N-dealkylation sites (tertiary alicyclic amines) is 1. The van der Waals surface area contributed by atoms with Crippen LogP contribution in [0.25, 0.3) is 0 Å². The highest BCUT2D eigenvalue weighted by atomic mass is 16.5. The first-order valence-corrected chi connectivity index (χ1v) is 14.2. The van der Waals surface area contributed by atoms with Crippen LogP contribution in [0.1, 0.15) is 51.4 Å². The van der Waals surface area contributed by atoms with Crippen LogP contribution in [0, 0.1) is 5.92 Å². The van der Waals surface area contributed by atoms with Gasteiger partial charge in [0.25, 0.3) is 0 Å². The molecular formula is C26H39N5O7. The number of aliphatic hydroxyl groups excluding tert-OH is 2. The number of hydrogen-bond acceptors (Lipinski definition) is 8. The average Bonchev–Trinajstić information content (AvgIpc) is 3.34. The van der Waals surface area contributed by atoms with Crippen LogP contribution in [0.3, 0.4) is 0 Å². The zero-order valence-corrected chi connectivity index (χ0v) is 21.7. The number of nitrogens with zero attached hydrogens (tertiary/aromatic N) is 3. The molecule has 12 heteroatoms. The number of ether oxygens (including phenoxy) is 1. The van der Waals surface area contributed by atoms with Gasteiger partial charge >= 0.3 is 0 Å². The Morgan fingerprint density at radius 3 is 2.39 bits per heavy atom. The van der Waals surface area contributed by atoms with Crippen LogP contribution in [0.5, 0.6) is 0 Å². The van der Waals surface area contributed by atoms with Crippen LogP contribution in [-0.2, 0) is 23.9 Å². The zero-order chi connectivity index (χ0) is 26.6. The fraction of sp³-hybridized carbons (Fsp3) is 0.846. The molecule has 210 valence electrons. The van der Waals surface area contributed by atoms with Crippen molar-refractivity contribution in [2.24, 2.45) is 5.92 Å². The molecule has 4 amide bonds. The minimum absolute atomic E-state index is 0.0458. The summed E-state index contributed by atoms with van der Waals surface area (Å²) < 4.78 is 5.80. The van der Waals surface area contributed by atoms with E-state index in [0.29, 0.717) is 26.1 Å². The number of fused-ring (bicyclic) bond motifs is 6. The molecule has 4 aliphatic heterocycles. The van der Waals surface area contributed by atoms with Gasteiger partial charge in [0.2, 0.25) is 23.6 Å². The van der Waals surface area contributed by atoms with Gasteiger partial charge in [-0.05, 0) is 32.1 Å². The SMILES string of the molecule is O=C1C[C@@H]2O[C@H](CNC(=O)[C@@H]3CN(CCN3C(=O)C3CC3)C(=O)[C@@H]3C[C@@H](CN3C3CCCC3)N1)[C@@H](O)[C@H]2O. The van der Waals surface area contributed by atoms with Gasteiger partial charge in [-0.1, -0.05) is 12.8 Å². The van der Waals surface area contributed by atoms with Crippen molar-refractivity contribution in [2.45, 2.75) is 99.9 Å². The maximum Gasteiger partial charge on any atom is 0.244 e. The van der Waals surface area contributed by atoms with Gasteiger partial charge in [0.05, 0.1) is 25.1 Å². The number of nitrogens with one attached hydrogen (secondary N) is 2. The molecule has 0 aromatic heterocycles. The minimum atomic E-state index is -1.26. The lowest BCUT2D eigenvalue weighted by Gasteiger charge is -2.42. The summed E-state index contributed by atoms with van der Waals surface area (Å²) in [5.41, 5.74) is 0.